The molecule has 1 aliphatic heterocycles. The summed E-state index contributed by atoms with van der Waals surface area (Å²) in [4.78, 5) is 4.55. The van der Waals surface area contributed by atoms with Crippen LogP contribution in [-0.2, 0) is 6.42 Å². The quantitative estimate of drug-likeness (QED) is 0.631. The van der Waals surface area contributed by atoms with Gasteiger partial charge in [-0.3, -0.25) is 4.98 Å². The average Bonchev–Trinajstić information content (AvgIpc) is 2.07. The van der Waals surface area contributed by atoms with Crippen LogP contribution in [0.25, 0.3) is 0 Å². The van der Waals surface area contributed by atoms with Crippen LogP contribution in [0.2, 0.25) is 0 Å². The summed E-state index contributed by atoms with van der Waals surface area (Å²) in [7, 11) is 0. The van der Waals surface area contributed by atoms with E-state index in [9.17, 15) is 0 Å². The Labute approximate surface area is 73.0 Å². The van der Waals surface area contributed by atoms with Gasteiger partial charge in [0.25, 0.3) is 0 Å². The summed E-state index contributed by atoms with van der Waals surface area (Å²) < 4.78 is 0. The molecule has 2 heterocycles. The van der Waals surface area contributed by atoms with Crippen LogP contribution < -0.4 is 5.32 Å². The second kappa shape index (κ2) is 2.77. The van der Waals surface area contributed by atoms with Gasteiger partial charge in [-0.25, -0.2) is 0 Å². The Morgan fingerprint density at radius 3 is 3.08 bits per heavy atom. The van der Waals surface area contributed by atoms with Crippen molar-refractivity contribution >= 4 is 5.69 Å². The van der Waals surface area contributed by atoms with Crippen LogP contribution in [0.1, 0.15) is 23.4 Å². The number of rotatable bonds is 0. The predicted octanol–water partition coefficient (Wildman–Crippen LogP) is 2.06. The second-order valence-corrected chi connectivity index (χ2v) is 3.42. The molecular weight excluding hydrogens is 148 g/mol. The minimum absolute atomic E-state index is 1.09. The Morgan fingerprint density at radius 1 is 1.42 bits per heavy atom. The average molecular weight is 162 g/mol. The van der Waals surface area contributed by atoms with Gasteiger partial charge in [0.15, 0.2) is 0 Å². The van der Waals surface area contributed by atoms with Crippen molar-refractivity contribution in [2.75, 3.05) is 11.9 Å². The maximum atomic E-state index is 4.55. The zero-order chi connectivity index (χ0) is 8.55. The van der Waals surface area contributed by atoms with E-state index in [2.05, 4.69) is 30.2 Å². The van der Waals surface area contributed by atoms with Crippen molar-refractivity contribution in [3.05, 3.63) is 23.0 Å². The number of aromatic nitrogens is 1. The van der Waals surface area contributed by atoms with Gasteiger partial charge in [0.2, 0.25) is 0 Å². The van der Waals surface area contributed by atoms with Gasteiger partial charge in [-0.2, -0.15) is 0 Å². The summed E-state index contributed by atoms with van der Waals surface area (Å²) in [6.07, 6.45) is 2.34. The van der Waals surface area contributed by atoms with E-state index in [1.807, 2.05) is 0 Å². The Hall–Kier alpha value is -1.05. The first-order valence-electron chi connectivity index (χ1n) is 4.48. The highest BCUT2D eigenvalue weighted by Crippen LogP contribution is 2.21. The Bertz CT molecular complexity index is 274. The molecule has 0 aliphatic carbocycles. The summed E-state index contributed by atoms with van der Waals surface area (Å²) in [6.45, 7) is 5.28. The highest BCUT2D eigenvalue weighted by molar-refractivity contribution is 5.52. The molecule has 0 atom stereocenters. The van der Waals surface area contributed by atoms with Gasteiger partial charge in [-0.15, -0.1) is 0 Å². The standard InChI is InChI=1S/C10H14N2/c1-7-6-10-9(12-8(7)2)4-3-5-11-10/h6,11H,3-5H2,1-2H3. The van der Waals surface area contributed by atoms with Crippen molar-refractivity contribution in [2.45, 2.75) is 26.7 Å². The monoisotopic (exact) mass is 162 g/mol. The fourth-order valence-corrected chi connectivity index (χ4v) is 1.58. The molecule has 12 heavy (non-hydrogen) atoms. The Kier molecular flexibility index (Phi) is 1.75. The molecule has 2 nitrogen and oxygen atoms in total. The zero-order valence-corrected chi connectivity index (χ0v) is 7.65. The van der Waals surface area contributed by atoms with Crippen molar-refractivity contribution < 1.29 is 0 Å². The lowest BCUT2D eigenvalue weighted by atomic mass is 10.1. The van der Waals surface area contributed by atoms with Crippen LogP contribution in [0, 0.1) is 13.8 Å². The van der Waals surface area contributed by atoms with Crippen molar-refractivity contribution in [3.8, 4) is 0 Å². The highest BCUT2D eigenvalue weighted by atomic mass is 14.9. The van der Waals surface area contributed by atoms with Crippen LogP contribution in [0.15, 0.2) is 6.07 Å². The molecule has 0 saturated carbocycles. The Balaban J connectivity index is 2.49. The molecule has 1 aliphatic rings. The first-order chi connectivity index (χ1) is 5.77. The number of fused-ring (bicyclic) bond motifs is 1. The molecule has 64 valence electrons. The minimum atomic E-state index is 1.09. The van der Waals surface area contributed by atoms with Crippen molar-refractivity contribution in [2.24, 2.45) is 0 Å². The van der Waals surface area contributed by atoms with Gasteiger partial charge >= 0.3 is 0 Å². The van der Waals surface area contributed by atoms with Crippen LogP contribution in [0.3, 0.4) is 0 Å². The lowest BCUT2D eigenvalue weighted by molar-refractivity contribution is 0.794. The number of anilines is 1. The maximum Gasteiger partial charge on any atom is 0.0638 e. The third-order valence-corrected chi connectivity index (χ3v) is 2.45. The van der Waals surface area contributed by atoms with Crippen molar-refractivity contribution in [3.63, 3.8) is 0 Å². The van der Waals surface area contributed by atoms with Gasteiger partial charge in [-0.05, 0) is 38.3 Å². The van der Waals surface area contributed by atoms with E-state index in [0.717, 1.165) is 18.7 Å². The molecule has 1 aromatic rings. The molecule has 0 spiro atoms. The van der Waals surface area contributed by atoms with Crippen LogP contribution in [-0.4, -0.2) is 11.5 Å². The number of nitrogens with one attached hydrogen (secondary N) is 1. The fourth-order valence-electron chi connectivity index (χ4n) is 1.58. The maximum absolute atomic E-state index is 4.55. The molecule has 0 fully saturated rings. The molecule has 0 aromatic carbocycles. The molecule has 0 amide bonds. The molecule has 2 heteroatoms. The molecule has 2 rings (SSSR count). The Morgan fingerprint density at radius 2 is 2.25 bits per heavy atom. The van der Waals surface area contributed by atoms with E-state index < -0.39 is 0 Å². The summed E-state index contributed by atoms with van der Waals surface area (Å²) in [5.74, 6) is 0. The van der Waals surface area contributed by atoms with Crippen LogP contribution in [0.5, 0.6) is 0 Å². The first-order valence-corrected chi connectivity index (χ1v) is 4.48. The third kappa shape index (κ3) is 1.17. The number of aryl methyl sites for hydroxylation is 3. The van der Waals surface area contributed by atoms with E-state index in [4.69, 9.17) is 0 Å². The van der Waals surface area contributed by atoms with Gasteiger partial charge in [0.1, 0.15) is 0 Å². The van der Waals surface area contributed by atoms with Crippen molar-refractivity contribution in [1.82, 2.24) is 4.98 Å². The smallest absolute Gasteiger partial charge is 0.0638 e. The second-order valence-electron chi connectivity index (χ2n) is 3.42. The van der Waals surface area contributed by atoms with E-state index >= 15 is 0 Å². The number of pyridine rings is 1. The first kappa shape index (κ1) is 7.59. The van der Waals surface area contributed by atoms with Gasteiger partial charge in [0.05, 0.1) is 11.4 Å². The van der Waals surface area contributed by atoms with Gasteiger partial charge < -0.3 is 5.32 Å². The fraction of sp³-hybridized carbons (Fsp3) is 0.500. The SMILES string of the molecule is Cc1cc2c(nc1C)CCCN2. The summed E-state index contributed by atoms with van der Waals surface area (Å²) in [6, 6.07) is 2.21. The summed E-state index contributed by atoms with van der Waals surface area (Å²) in [5, 5.41) is 3.37. The van der Waals surface area contributed by atoms with E-state index in [0.29, 0.717) is 0 Å². The zero-order valence-electron chi connectivity index (χ0n) is 7.65. The molecule has 0 unspecified atom stereocenters. The van der Waals surface area contributed by atoms with Gasteiger partial charge in [-0.1, -0.05) is 0 Å². The normalized spacial score (nSPS) is 15.2. The third-order valence-electron chi connectivity index (χ3n) is 2.45. The molecule has 1 aromatic heterocycles. The van der Waals surface area contributed by atoms with Crippen LogP contribution >= 0.6 is 0 Å². The van der Waals surface area contributed by atoms with Gasteiger partial charge in [0, 0.05) is 12.2 Å². The summed E-state index contributed by atoms with van der Waals surface area (Å²) >= 11 is 0. The number of nitrogens with zero attached hydrogens (tertiary/aromatic N) is 1. The molecule has 0 bridgehead atoms. The lowest BCUT2D eigenvalue weighted by Gasteiger charge is -2.18. The molecule has 1 N–H and O–H groups in total. The topological polar surface area (TPSA) is 24.9 Å². The van der Waals surface area contributed by atoms with Crippen molar-refractivity contribution in [1.29, 1.82) is 0 Å². The molecule has 0 saturated heterocycles. The molecular formula is C10H14N2. The highest BCUT2D eigenvalue weighted by Gasteiger charge is 2.10. The van der Waals surface area contributed by atoms with E-state index in [-0.39, 0.29) is 0 Å². The number of hydrogen-bond donors (Lipinski definition) is 1. The van der Waals surface area contributed by atoms with E-state index in [1.165, 1.54) is 23.4 Å². The number of hydrogen-bond acceptors (Lipinski definition) is 2. The van der Waals surface area contributed by atoms with E-state index in [1.54, 1.807) is 0 Å². The van der Waals surface area contributed by atoms with Crippen LogP contribution in [0.4, 0.5) is 5.69 Å². The lowest BCUT2D eigenvalue weighted by Crippen LogP contribution is -2.14. The summed E-state index contributed by atoms with van der Waals surface area (Å²) in [5.41, 5.74) is 4.93. The minimum Gasteiger partial charge on any atom is -0.384 e. The largest absolute Gasteiger partial charge is 0.384 e. The molecule has 0 radical (unpaired) electrons. The predicted molar refractivity (Wildman–Crippen MR) is 50.5 cm³/mol.